The van der Waals surface area contributed by atoms with Gasteiger partial charge in [0.15, 0.2) is 17.2 Å². The standard InChI is InChI=1S/C22H19F3N4O3S/c1-31-16-8-7-13(11-17(16)32-2)9-10-26-12-14-19(22(23,24)25)28-29(20(14)30)21-27-15-5-3-4-6-18(15)33-21/h3-8,11-12,14H,9-10H2,1-2H3. The molecule has 1 atom stereocenters. The number of benzene rings is 2. The van der Waals surface area contributed by atoms with E-state index < -0.39 is 23.7 Å². The van der Waals surface area contributed by atoms with Crippen LogP contribution in [0.2, 0.25) is 0 Å². The Morgan fingerprint density at radius 2 is 1.91 bits per heavy atom. The number of hydrogen-bond donors (Lipinski definition) is 0. The minimum atomic E-state index is -4.78. The highest BCUT2D eigenvalue weighted by Crippen LogP contribution is 2.35. The third kappa shape index (κ3) is 4.68. The van der Waals surface area contributed by atoms with Gasteiger partial charge in [0.1, 0.15) is 5.92 Å². The Bertz CT molecular complexity index is 1210. The molecule has 0 fully saturated rings. The summed E-state index contributed by atoms with van der Waals surface area (Å²) in [5, 5.41) is 4.38. The van der Waals surface area contributed by atoms with Crippen molar-refractivity contribution in [1.29, 1.82) is 0 Å². The molecule has 0 saturated carbocycles. The maximum Gasteiger partial charge on any atom is 0.432 e. The second kappa shape index (κ2) is 9.18. The number of alkyl halides is 3. The first kappa shape index (κ1) is 22.7. The number of rotatable bonds is 7. The fourth-order valence-electron chi connectivity index (χ4n) is 3.33. The van der Waals surface area contributed by atoms with E-state index in [4.69, 9.17) is 9.47 Å². The summed E-state index contributed by atoms with van der Waals surface area (Å²) in [4.78, 5) is 21.1. The summed E-state index contributed by atoms with van der Waals surface area (Å²) in [5.74, 6) is -1.34. The minimum Gasteiger partial charge on any atom is -0.493 e. The average Bonchev–Trinajstić information content (AvgIpc) is 3.37. The van der Waals surface area contributed by atoms with E-state index in [0.29, 0.717) is 23.4 Å². The number of carbonyl (C=O) groups excluding carboxylic acids is 1. The first-order valence-electron chi connectivity index (χ1n) is 9.88. The maximum atomic E-state index is 13.6. The number of halogens is 3. The average molecular weight is 476 g/mol. The van der Waals surface area contributed by atoms with Gasteiger partial charge in [-0.2, -0.15) is 23.3 Å². The molecule has 0 aliphatic carbocycles. The van der Waals surface area contributed by atoms with Crippen LogP contribution in [-0.4, -0.2) is 49.8 Å². The normalized spacial score (nSPS) is 16.6. The zero-order valence-electron chi connectivity index (χ0n) is 17.7. The van der Waals surface area contributed by atoms with Crippen LogP contribution in [0.5, 0.6) is 11.5 Å². The molecule has 0 radical (unpaired) electrons. The fourth-order valence-corrected chi connectivity index (χ4v) is 4.26. The van der Waals surface area contributed by atoms with E-state index in [2.05, 4.69) is 15.1 Å². The van der Waals surface area contributed by atoms with Gasteiger partial charge in [-0.25, -0.2) is 4.98 Å². The van der Waals surface area contributed by atoms with Gasteiger partial charge in [-0.3, -0.25) is 9.79 Å². The zero-order chi connectivity index (χ0) is 23.6. The molecule has 1 aliphatic rings. The molecular weight excluding hydrogens is 457 g/mol. The van der Waals surface area contributed by atoms with Crippen molar-refractivity contribution in [3.8, 4) is 11.5 Å². The quantitative estimate of drug-likeness (QED) is 0.471. The molecule has 0 N–H and O–H groups in total. The summed E-state index contributed by atoms with van der Waals surface area (Å²) in [6.45, 7) is 0.186. The number of thiazole rings is 1. The van der Waals surface area contributed by atoms with Crippen molar-refractivity contribution in [3.63, 3.8) is 0 Å². The van der Waals surface area contributed by atoms with E-state index in [1.165, 1.54) is 14.2 Å². The van der Waals surface area contributed by atoms with Crippen molar-refractivity contribution >= 4 is 44.5 Å². The van der Waals surface area contributed by atoms with Gasteiger partial charge < -0.3 is 9.47 Å². The van der Waals surface area contributed by atoms with E-state index in [1.807, 2.05) is 6.07 Å². The molecule has 1 amide bonds. The number of para-hydroxylation sites is 1. The van der Waals surface area contributed by atoms with Gasteiger partial charge in [0.2, 0.25) is 5.13 Å². The topological polar surface area (TPSA) is 76.4 Å². The first-order chi connectivity index (χ1) is 15.8. The van der Waals surface area contributed by atoms with E-state index in [1.54, 1.807) is 36.4 Å². The molecule has 11 heteroatoms. The number of hydrazone groups is 1. The number of methoxy groups -OCH3 is 2. The van der Waals surface area contributed by atoms with Gasteiger partial charge in [-0.05, 0) is 36.2 Å². The Balaban J connectivity index is 1.51. The Kier molecular flexibility index (Phi) is 6.32. The van der Waals surface area contributed by atoms with Crippen molar-refractivity contribution in [2.75, 3.05) is 25.8 Å². The molecule has 33 heavy (non-hydrogen) atoms. The number of fused-ring (bicyclic) bond motifs is 1. The van der Waals surface area contributed by atoms with Crippen LogP contribution in [0.4, 0.5) is 18.3 Å². The molecule has 1 aromatic heterocycles. The number of ether oxygens (including phenoxy) is 2. The molecule has 0 saturated heterocycles. The predicted molar refractivity (Wildman–Crippen MR) is 121 cm³/mol. The smallest absolute Gasteiger partial charge is 0.432 e. The number of anilines is 1. The molecule has 0 bridgehead atoms. The Labute approximate surface area is 191 Å². The largest absolute Gasteiger partial charge is 0.493 e. The van der Waals surface area contributed by atoms with E-state index in [9.17, 15) is 18.0 Å². The van der Waals surface area contributed by atoms with Gasteiger partial charge >= 0.3 is 6.18 Å². The lowest BCUT2D eigenvalue weighted by atomic mass is 10.0. The van der Waals surface area contributed by atoms with Crippen LogP contribution in [-0.2, 0) is 11.2 Å². The highest BCUT2D eigenvalue weighted by molar-refractivity contribution is 7.22. The second-order valence-corrected chi connectivity index (χ2v) is 8.08. The molecule has 1 unspecified atom stereocenters. The number of hydrogen-bond acceptors (Lipinski definition) is 7. The highest BCUT2D eigenvalue weighted by atomic mass is 32.1. The van der Waals surface area contributed by atoms with Crippen molar-refractivity contribution in [1.82, 2.24) is 4.98 Å². The van der Waals surface area contributed by atoms with Crippen LogP contribution in [0.3, 0.4) is 0 Å². The maximum absolute atomic E-state index is 13.6. The van der Waals surface area contributed by atoms with Crippen molar-refractivity contribution in [2.45, 2.75) is 12.6 Å². The van der Waals surface area contributed by atoms with Crippen molar-refractivity contribution < 1.29 is 27.4 Å². The molecule has 2 heterocycles. The molecule has 7 nitrogen and oxygen atoms in total. The molecule has 2 aromatic carbocycles. The lowest BCUT2D eigenvalue weighted by molar-refractivity contribution is -0.119. The summed E-state index contributed by atoms with van der Waals surface area (Å²) >= 11 is 1.10. The highest BCUT2D eigenvalue weighted by Gasteiger charge is 2.50. The third-order valence-electron chi connectivity index (χ3n) is 4.96. The number of aromatic nitrogens is 1. The van der Waals surface area contributed by atoms with Gasteiger partial charge in [0.25, 0.3) is 5.91 Å². The van der Waals surface area contributed by atoms with Crippen LogP contribution < -0.4 is 14.5 Å². The van der Waals surface area contributed by atoms with Gasteiger partial charge in [-0.15, -0.1) is 0 Å². The summed E-state index contributed by atoms with van der Waals surface area (Å²) < 4.78 is 52.0. The predicted octanol–water partition coefficient (Wildman–Crippen LogP) is 4.51. The lowest BCUT2D eigenvalue weighted by Crippen LogP contribution is -2.34. The van der Waals surface area contributed by atoms with Crippen LogP contribution in [0.15, 0.2) is 52.6 Å². The van der Waals surface area contributed by atoms with Crippen LogP contribution in [0.1, 0.15) is 5.56 Å². The fraction of sp³-hybridized carbons (Fsp3) is 0.273. The summed E-state index contributed by atoms with van der Waals surface area (Å²) in [5.41, 5.74) is 0.242. The van der Waals surface area contributed by atoms with Crippen molar-refractivity contribution in [3.05, 3.63) is 48.0 Å². The molecular formula is C22H19F3N4O3S. The SMILES string of the molecule is COc1ccc(CCN=CC2C(=O)N(c3nc4ccccc4s3)N=C2C(F)(F)F)cc1OC. The van der Waals surface area contributed by atoms with E-state index >= 15 is 0 Å². The number of nitrogens with zero attached hydrogens (tertiary/aromatic N) is 4. The third-order valence-corrected chi connectivity index (χ3v) is 5.98. The molecule has 1 aliphatic heterocycles. The number of aliphatic imine (C=N–C) groups is 1. The number of amides is 1. The Morgan fingerprint density at radius 3 is 2.61 bits per heavy atom. The molecule has 4 rings (SSSR count). The van der Waals surface area contributed by atoms with Crippen LogP contribution in [0.25, 0.3) is 10.2 Å². The summed E-state index contributed by atoms with van der Waals surface area (Å²) in [6, 6.07) is 12.4. The molecule has 172 valence electrons. The van der Waals surface area contributed by atoms with Crippen LogP contribution in [0, 0.1) is 5.92 Å². The van der Waals surface area contributed by atoms with Crippen LogP contribution >= 0.6 is 11.3 Å². The molecule has 0 spiro atoms. The summed E-state index contributed by atoms with van der Waals surface area (Å²) in [7, 11) is 3.04. The van der Waals surface area contributed by atoms with E-state index in [0.717, 1.165) is 32.8 Å². The monoisotopic (exact) mass is 476 g/mol. The first-order valence-corrected chi connectivity index (χ1v) is 10.7. The van der Waals surface area contributed by atoms with Gasteiger partial charge in [-0.1, -0.05) is 29.5 Å². The van der Waals surface area contributed by atoms with Gasteiger partial charge in [0, 0.05) is 12.8 Å². The lowest BCUT2D eigenvalue weighted by Gasteiger charge is -2.10. The minimum absolute atomic E-state index is 0.0872. The zero-order valence-corrected chi connectivity index (χ0v) is 18.5. The Morgan fingerprint density at radius 1 is 1.15 bits per heavy atom. The number of carbonyl (C=O) groups is 1. The summed E-state index contributed by atoms with van der Waals surface area (Å²) in [6.07, 6.45) is -3.32. The van der Waals surface area contributed by atoms with Crippen molar-refractivity contribution in [2.24, 2.45) is 16.0 Å². The Hall–Kier alpha value is -3.47. The van der Waals surface area contributed by atoms with Gasteiger partial charge in [0.05, 0.1) is 24.4 Å². The molecule has 3 aromatic rings. The second-order valence-electron chi connectivity index (χ2n) is 7.07. The van der Waals surface area contributed by atoms with E-state index in [-0.39, 0.29) is 11.7 Å².